The van der Waals surface area contributed by atoms with Crippen LogP contribution >= 0.6 is 0 Å². The number of hydrogen-bond acceptors (Lipinski definition) is 5. The number of hydrogen-bond donors (Lipinski definition) is 1. The predicted molar refractivity (Wildman–Crippen MR) is 110 cm³/mol. The summed E-state index contributed by atoms with van der Waals surface area (Å²) in [4.78, 5) is 14.4. The summed E-state index contributed by atoms with van der Waals surface area (Å²) in [5.74, 6) is 1.61. The summed E-state index contributed by atoms with van der Waals surface area (Å²) >= 11 is 0. The van der Waals surface area contributed by atoms with Crippen LogP contribution in [-0.4, -0.2) is 49.9 Å². The molecule has 0 aliphatic carbocycles. The van der Waals surface area contributed by atoms with E-state index in [1.807, 2.05) is 29.2 Å². The lowest BCUT2D eigenvalue weighted by Gasteiger charge is -2.41. The second-order valence-corrected chi connectivity index (χ2v) is 7.50. The van der Waals surface area contributed by atoms with E-state index in [0.29, 0.717) is 37.8 Å². The lowest BCUT2D eigenvalue weighted by atomic mass is 9.73. The van der Waals surface area contributed by atoms with Crippen LogP contribution in [0.5, 0.6) is 17.2 Å². The Hall–Kier alpha value is -2.73. The second-order valence-electron chi connectivity index (χ2n) is 7.50. The van der Waals surface area contributed by atoms with Crippen LogP contribution in [0.2, 0.25) is 0 Å². The van der Waals surface area contributed by atoms with Gasteiger partial charge in [0.05, 0.1) is 14.2 Å². The molecule has 0 unspecified atom stereocenters. The molecule has 0 aromatic heterocycles. The standard InChI is InChI=1S/C23H29NO5/c1-17(25)24(15-18-4-7-20(26)8-5-18)16-23(10-12-29-13-11-23)19-6-9-21(27-2)22(14-19)28-3/h4-9,14,26H,10-13,15-16H2,1-3H3. The summed E-state index contributed by atoms with van der Waals surface area (Å²) in [6.07, 6.45) is 1.64. The first kappa shape index (κ1) is 21.0. The number of nitrogens with zero attached hydrogens (tertiary/aromatic N) is 1. The Morgan fingerprint density at radius 1 is 1.07 bits per heavy atom. The number of rotatable bonds is 7. The Morgan fingerprint density at radius 3 is 2.31 bits per heavy atom. The third-order valence-corrected chi connectivity index (χ3v) is 5.69. The molecule has 0 saturated carbocycles. The van der Waals surface area contributed by atoms with Crippen molar-refractivity contribution in [3.8, 4) is 17.2 Å². The normalized spacial score (nSPS) is 15.6. The summed E-state index contributed by atoms with van der Waals surface area (Å²) in [7, 11) is 3.25. The van der Waals surface area contributed by atoms with Gasteiger partial charge in [0, 0.05) is 38.6 Å². The van der Waals surface area contributed by atoms with Gasteiger partial charge < -0.3 is 24.2 Å². The average molecular weight is 399 g/mol. The summed E-state index contributed by atoms with van der Waals surface area (Å²) < 4.78 is 16.5. The van der Waals surface area contributed by atoms with Gasteiger partial charge in [-0.1, -0.05) is 18.2 Å². The molecule has 0 spiro atoms. The molecule has 1 aliphatic heterocycles. The molecule has 2 aromatic carbocycles. The summed E-state index contributed by atoms with van der Waals surface area (Å²) in [6.45, 7) is 3.98. The Labute approximate surface area is 172 Å². The van der Waals surface area contributed by atoms with Crippen LogP contribution in [0.3, 0.4) is 0 Å². The summed E-state index contributed by atoms with van der Waals surface area (Å²) in [6, 6.07) is 13.0. The zero-order chi connectivity index (χ0) is 20.9. The third-order valence-electron chi connectivity index (χ3n) is 5.69. The minimum absolute atomic E-state index is 0.0180. The lowest BCUT2D eigenvalue weighted by Crippen LogP contribution is -2.46. The fourth-order valence-electron chi connectivity index (χ4n) is 3.93. The van der Waals surface area contributed by atoms with Gasteiger partial charge in [0.2, 0.25) is 5.91 Å². The minimum atomic E-state index is -0.222. The maximum absolute atomic E-state index is 12.5. The van der Waals surface area contributed by atoms with Crippen molar-refractivity contribution in [3.63, 3.8) is 0 Å². The van der Waals surface area contributed by atoms with Gasteiger partial charge in [-0.25, -0.2) is 0 Å². The first-order valence-corrected chi connectivity index (χ1v) is 9.81. The van der Waals surface area contributed by atoms with Crippen LogP contribution in [0, 0.1) is 0 Å². The van der Waals surface area contributed by atoms with Gasteiger partial charge in [0.15, 0.2) is 11.5 Å². The highest BCUT2D eigenvalue weighted by atomic mass is 16.5. The van der Waals surface area contributed by atoms with Crippen LogP contribution in [0.4, 0.5) is 0 Å². The van der Waals surface area contributed by atoms with E-state index in [9.17, 15) is 9.90 Å². The minimum Gasteiger partial charge on any atom is -0.508 e. The van der Waals surface area contributed by atoms with Crippen molar-refractivity contribution >= 4 is 5.91 Å². The second kappa shape index (κ2) is 9.18. The summed E-state index contributed by atoms with van der Waals surface area (Å²) in [5.41, 5.74) is 1.88. The molecule has 6 nitrogen and oxygen atoms in total. The van der Waals surface area contributed by atoms with Crippen LogP contribution in [0.25, 0.3) is 0 Å². The largest absolute Gasteiger partial charge is 0.508 e. The topological polar surface area (TPSA) is 68.2 Å². The van der Waals surface area contributed by atoms with Gasteiger partial charge in [0.1, 0.15) is 5.75 Å². The number of benzene rings is 2. The maximum atomic E-state index is 12.5. The molecule has 0 atom stereocenters. The number of phenols is 1. The molecule has 0 radical (unpaired) electrons. The maximum Gasteiger partial charge on any atom is 0.219 e. The lowest BCUT2D eigenvalue weighted by molar-refractivity contribution is -0.131. The Kier molecular flexibility index (Phi) is 6.64. The van der Waals surface area contributed by atoms with Crippen LogP contribution in [0.1, 0.15) is 30.9 Å². The van der Waals surface area contributed by atoms with Crippen molar-refractivity contribution < 1.29 is 24.1 Å². The molecule has 2 aromatic rings. The Balaban J connectivity index is 1.92. The molecule has 1 fully saturated rings. The van der Waals surface area contributed by atoms with Crippen molar-refractivity contribution in [2.75, 3.05) is 34.0 Å². The van der Waals surface area contributed by atoms with Crippen molar-refractivity contribution in [3.05, 3.63) is 53.6 Å². The predicted octanol–water partition coefficient (Wildman–Crippen LogP) is 3.51. The molecule has 156 valence electrons. The fraction of sp³-hybridized carbons (Fsp3) is 0.435. The quantitative estimate of drug-likeness (QED) is 0.772. The third kappa shape index (κ3) is 4.82. The number of methoxy groups -OCH3 is 2. The molecule has 1 N–H and O–H groups in total. The molecule has 1 heterocycles. The number of phenolic OH excluding ortho intramolecular Hbond substituents is 1. The van der Waals surface area contributed by atoms with Gasteiger partial charge in [-0.15, -0.1) is 0 Å². The number of ether oxygens (including phenoxy) is 3. The van der Waals surface area contributed by atoms with E-state index in [1.165, 1.54) is 0 Å². The first-order valence-electron chi connectivity index (χ1n) is 9.81. The monoisotopic (exact) mass is 399 g/mol. The van der Waals surface area contributed by atoms with E-state index >= 15 is 0 Å². The zero-order valence-corrected chi connectivity index (χ0v) is 17.3. The highest BCUT2D eigenvalue weighted by Gasteiger charge is 2.37. The van der Waals surface area contributed by atoms with E-state index in [0.717, 1.165) is 24.0 Å². The Bertz CT molecular complexity index is 828. The van der Waals surface area contributed by atoms with Gasteiger partial charge in [-0.05, 0) is 48.2 Å². The first-order chi connectivity index (χ1) is 14.0. The number of amides is 1. The van der Waals surface area contributed by atoms with Crippen LogP contribution in [0.15, 0.2) is 42.5 Å². The van der Waals surface area contributed by atoms with E-state index < -0.39 is 0 Å². The van der Waals surface area contributed by atoms with Gasteiger partial charge in [-0.2, -0.15) is 0 Å². The van der Waals surface area contributed by atoms with Gasteiger partial charge in [-0.3, -0.25) is 4.79 Å². The molecule has 1 aliphatic rings. The SMILES string of the molecule is COc1ccc(C2(CN(Cc3ccc(O)cc3)C(C)=O)CCOCC2)cc1OC. The van der Waals surface area contributed by atoms with Crippen LogP contribution < -0.4 is 9.47 Å². The van der Waals surface area contributed by atoms with E-state index in [2.05, 4.69) is 6.07 Å². The summed E-state index contributed by atoms with van der Waals surface area (Å²) in [5, 5.41) is 9.53. The van der Waals surface area contributed by atoms with Gasteiger partial charge >= 0.3 is 0 Å². The van der Waals surface area contributed by atoms with Crippen molar-refractivity contribution in [1.82, 2.24) is 4.90 Å². The highest BCUT2D eigenvalue weighted by molar-refractivity contribution is 5.73. The molecular weight excluding hydrogens is 370 g/mol. The fourth-order valence-corrected chi connectivity index (χ4v) is 3.93. The smallest absolute Gasteiger partial charge is 0.219 e. The number of carbonyl (C=O) groups excluding carboxylic acids is 1. The molecular formula is C23H29NO5. The molecule has 6 heteroatoms. The van der Waals surface area contributed by atoms with Crippen LogP contribution in [-0.2, 0) is 21.5 Å². The van der Waals surface area contributed by atoms with Gasteiger partial charge in [0.25, 0.3) is 0 Å². The average Bonchev–Trinajstić information content (AvgIpc) is 2.74. The number of aromatic hydroxyl groups is 1. The Morgan fingerprint density at radius 2 is 1.72 bits per heavy atom. The van der Waals surface area contributed by atoms with Crippen molar-refractivity contribution in [1.29, 1.82) is 0 Å². The zero-order valence-electron chi connectivity index (χ0n) is 17.3. The van der Waals surface area contributed by atoms with E-state index in [4.69, 9.17) is 14.2 Å². The highest BCUT2D eigenvalue weighted by Crippen LogP contribution is 2.40. The molecule has 1 saturated heterocycles. The molecule has 3 rings (SSSR count). The number of carbonyl (C=O) groups is 1. The molecule has 1 amide bonds. The molecule has 29 heavy (non-hydrogen) atoms. The molecule has 0 bridgehead atoms. The van der Waals surface area contributed by atoms with Crippen molar-refractivity contribution in [2.24, 2.45) is 0 Å². The van der Waals surface area contributed by atoms with Crippen molar-refractivity contribution in [2.45, 2.75) is 31.7 Å². The van der Waals surface area contributed by atoms with E-state index in [1.54, 1.807) is 33.3 Å². The van der Waals surface area contributed by atoms with E-state index in [-0.39, 0.29) is 17.1 Å².